The molecule has 3 heteroatoms. The van der Waals surface area contributed by atoms with Crippen LogP contribution in [-0.4, -0.2) is 13.2 Å². The van der Waals surface area contributed by atoms with E-state index in [2.05, 4.69) is 6.07 Å². The first kappa shape index (κ1) is 7.93. The molecule has 1 heterocycles. The zero-order valence-electron chi connectivity index (χ0n) is 7.12. The van der Waals surface area contributed by atoms with Gasteiger partial charge in [-0.05, 0) is 12.1 Å². The molecule has 1 aliphatic heterocycles. The summed E-state index contributed by atoms with van der Waals surface area (Å²) >= 11 is 0. The van der Waals surface area contributed by atoms with Gasteiger partial charge in [0.1, 0.15) is 6.07 Å². The Kier molecular flexibility index (Phi) is 2.05. The summed E-state index contributed by atoms with van der Waals surface area (Å²) in [4.78, 5) is 0. The third kappa shape index (κ3) is 1.43. The van der Waals surface area contributed by atoms with Crippen molar-refractivity contribution in [2.75, 3.05) is 13.2 Å². The fraction of sp³-hybridized carbons (Fsp3) is 0.300. The molecular weight excluding hydrogens is 166 g/mol. The number of nitriles is 1. The van der Waals surface area contributed by atoms with E-state index in [1.807, 2.05) is 6.07 Å². The van der Waals surface area contributed by atoms with Crippen LogP contribution in [0.3, 0.4) is 0 Å². The Morgan fingerprint density at radius 1 is 1.23 bits per heavy atom. The highest BCUT2D eigenvalue weighted by Crippen LogP contribution is 2.32. The number of ether oxygens (including phenoxy) is 2. The normalized spacial score (nSPS) is 14.4. The van der Waals surface area contributed by atoms with E-state index >= 15 is 0 Å². The smallest absolute Gasteiger partial charge is 0.178 e. The molecule has 1 aromatic rings. The van der Waals surface area contributed by atoms with Crippen molar-refractivity contribution in [2.24, 2.45) is 0 Å². The van der Waals surface area contributed by atoms with Crippen LogP contribution in [0.15, 0.2) is 18.2 Å². The molecule has 0 fully saturated rings. The molecule has 0 atom stereocenters. The predicted molar refractivity (Wildman–Crippen MR) is 46.8 cm³/mol. The van der Waals surface area contributed by atoms with E-state index in [0.29, 0.717) is 30.3 Å². The van der Waals surface area contributed by atoms with Gasteiger partial charge in [-0.25, -0.2) is 0 Å². The molecule has 0 aliphatic carbocycles. The largest absolute Gasteiger partial charge is 0.490 e. The molecule has 0 amide bonds. The van der Waals surface area contributed by atoms with Crippen molar-refractivity contribution in [3.05, 3.63) is 23.8 Å². The van der Waals surface area contributed by atoms with Gasteiger partial charge < -0.3 is 9.47 Å². The molecule has 0 saturated heterocycles. The van der Waals surface area contributed by atoms with Crippen LogP contribution < -0.4 is 9.47 Å². The number of para-hydroxylation sites is 1. The first-order chi connectivity index (χ1) is 6.42. The summed E-state index contributed by atoms with van der Waals surface area (Å²) in [5.74, 6) is 1.26. The van der Waals surface area contributed by atoms with Gasteiger partial charge in [0.25, 0.3) is 0 Å². The van der Waals surface area contributed by atoms with Crippen LogP contribution in [0.4, 0.5) is 0 Å². The lowest BCUT2D eigenvalue weighted by Crippen LogP contribution is -1.97. The highest BCUT2D eigenvalue weighted by Gasteiger charge is 2.13. The fourth-order valence-corrected chi connectivity index (χ4v) is 1.28. The molecule has 0 radical (unpaired) electrons. The molecular formula is C10H9NO2. The Bertz CT molecular complexity index is 354. The van der Waals surface area contributed by atoms with Crippen molar-refractivity contribution in [1.82, 2.24) is 0 Å². The SMILES string of the molecule is N#Cc1cccc2c1OCCCO2. The molecule has 0 N–H and O–H groups in total. The average Bonchev–Trinajstić information content (AvgIpc) is 2.41. The first-order valence-corrected chi connectivity index (χ1v) is 4.20. The maximum Gasteiger partial charge on any atom is 0.178 e. The zero-order valence-corrected chi connectivity index (χ0v) is 7.12. The number of hydrogen-bond acceptors (Lipinski definition) is 3. The van der Waals surface area contributed by atoms with Gasteiger partial charge in [0.2, 0.25) is 0 Å². The lowest BCUT2D eigenvalue weighted by Gasteiger charge is -2.07. The standard InChI is InChI=1S/C10H9NO2/c11-7-8-3-1-4-9-10(8)13-6-2-5-12-9/h1,3-4H,2,5-6H2. The molecule has 1 aromatic carbocycles. The average molecular weight is 175 g/mol. The van der Waals surface area contributed by atoms with Crippen molar-refractivity contribution >= 4 is 0 Å². The van der Waals surface area contributed by atoms with Crippen LogP contribution in [0.2, 0.25) is 0 Å². The Labute approximate surface area is 76.5 Å². The third-order valence-corrected chi connectivity index (χ3v) is 1.89. The summed E-state index contributed by atoms with van der Waals surface area (Å²) in [6.07, 6.45) is 0.861. The first-order valence-electron chi connectivity index (χ1n) is 4.20. The molecule has 66 valence electrons. The highest BCUT2D eigenvalue weighted by molar-refractivity contribution is 5.52. The zero-order chi connectivity index (χ0) is 9.10. The highest BCUT2D eigenvalue weighted by atomic mass is 16.5. The van der Waals surface area contributed by atoms with Gasteiger partial charge in [-0.15, -0.1) is 0 Å². The van der Waals surface area contributed by atoms with E-state index in [9.17, 15) is 0 Å². The molecule has 0 unspecified atom stereocenters. The molecule has 0 bridgehead atoms. The third-order valence-electron chi connectivity index (χ3n) is 1.89. The van der Waals surface area contributed by atoms with Gasteiger partial charge in [-0.3, -0.25) is 0 Å². The Hall–Kier alpha value is -1.69. The van der Waals surface area contributed by atoms with Gasteiger partial charge in [-0.2, -0.15) is 5.26 Å². The Morgan fingerprint density at radius 2 is 2.08 bits per heavy atom. The molecule has 0 saturated carbocycles. The summed E-state index contributed by atoms with van der Waals surface area (Å²) in [5.41, 5.74) is 0.541. The van der Waals surface area contributed by atoms with Crippen molar-refractivity contribution < 1.29 is 9.47 Å². The summed E-state index contributed by atoms with van der Waals surface area (Å²) in [7, 11) is 0. The number of benzene rings is 1. The lowest BCUT2D eigenvalue weighted by atomic mass is 10.2. The van der Waals surface area contributed by atoms with Crippen molar-refractivity contribution in [1.29, 1.82) is 5.26 Å². The van der Waals surface area contributed by atoms with Gasteiger partial charge in [-0.1, -0.05) is 6.07 Å². The van der Waals surface area contributed by atoms with Gasteiger partial charge in [0.15, 0.2) is 11.5 Å². The molecule has 13 heavy (non-hydrogen) atoms. The molecule has 3 nitrogen and oxygen atoms in total. The monoisotopic (exact) mass is 175 g/mol. The van der Waals surface area contributed by atoms with Crippen molar-refractivity contribution in [3.63, 3.8) is 0 Å². The second kappa shape index (κ2) is 3.36. The fourth-order valence-electron chi connectivity index (χ4n) is 1.28. The van der Waals surface area contributed by atoms with E-state index in [4.69, 9.17) is 14.7 Å². The summed E-state index contributed by atoms with van der Waals surface area (Å²) in [6.45, 7) is 1.27. The van der Waals surface area contributed by atoms with E-state index in [1.165, 1.54) is 0 Å². The minimum atomic E-state index is 0.541. The number of hydrogen-bond donors (Lipinski definition) is 0. The van der Waals surface area contributed by atoms with Crippen molar-refractivity contribution in [3.8, 4) is 17.6 Å². The van der Waals surface area contributed by atoms with E-state index in [1.54, 1.807) is 12.1 Å². The minimum absolute atomic E-state index is 0.541. The maximum absolute atomic E-state index is 8.80. The lowest BCUT2D eigenvalue weighted by molar-refractivity contribution is 0.296. The Balaban J connectivity index is 2.47. The Morgan fingerprint density at radius 3 is 2.92 bits per heavy atom. The second-order valence-electron chi connectivity index (χ2n) is 2.80. The van der Waals surface area contributed by atoms with Crippen LogP contribution >= 0.6 is 0 Å². The van der Waals surface area contributed by atoms with Gasteiger partial charge >= 0.3 is 0 Å². The van der Waals surface area contributed by atoms with E-state index < -0.39 is 0 Å². The predicted octanol–water partition coefficient (Wildman–Crippen LogP) is 1.72. The molecule has 2 rings (SSSR count). The van der Waals surface area contributed by atoms with Crippen LogP contribution in [0.1, 0.15) is 12.0 Å². The molecule has 0 spiro atoms. The van der Waals surface area contributed by atoms with E-state index in [0.717, 1.165) is 6.42 Å². The summed E-state index contributed by atoms with van der Waals surface area (Å²) in [6, 6.07) is 7.43. The van der Waals surface area contributed by atoms with Crippen LogP contribution in [0.25, 0.3) is 0 Å². The number of fused-ring (bicyclic) bond motifs is 1. The minimum Gasteiger partial charge on any atom is -0.490 e. The van der Waals surface area contributed by atoms with Crippen LogP contribution in [-0.2, 0) is 0 Å². The quantitative estimate of drug-likeness (QED) is 0.602. The van der Waals surface area contributed by atoms with E-state index in [-0.39, 0.29) is 0 Å². The van der Waals surface area contributed by atoms with Crippen LogP contribution in [0.5, 0.6) is 11.5 Å². The second-order valence-corrected chi connectivity index (χ2v) is 2.80. The number of nitrogens with zero attached hydrogens (tertiary/aromatic N) is 1. The number of rotatable bonds is 0. The van der Waals surface area contributed by atoms with Gasteiger partial charge in [0.05, 0.1) is 18.8 Å². The summed E-state index contributed by atoms with van der Waals surface area (Å²) < 4.78 is 10.8. The maximum atomic E-state index is 8.80. The summed E-state index contributed by atoms with van der Waals surface area (Å²) in [5, 5.41) is 8.80. The van der Waals surface area contributed by atoms with Crippen molar-refractivity contribution in [2.45, 2.75) is 6.42 Å². The van der Waals surface area contributed by atoms with Crippen LogP contribution in [0, 0.1) is 11.3 Å². The molecule has 0 aromatic heterocycles. The van der Waals surface area contributed by atoms with Gasteiger partial charge in [0, 0.05) is 6.42 Å². The topological polar surface area (TPSA) is 42.2 Å². The molecule has 1 aliphatic rings.